The van der Waals surface area contributed by atoms with Gasteiger partial charge in [-0.05, 0) is 54.3 Å². The lowest BCUT2D eigenvalue weighted by molar-refractivity contribution is 0.0984. The summed E-state index contributed by atoms with van der Waals surface area (Å²) in [5.74, 6) is -1.75. The number of fused-ring (bicyclic) bond motifs is 1. The van der Waals surface area contributed by atoms with Crippen LogP contribution in [0, 0.1) is 23.5 Å². The molecule has 0 bridgehead atoms. The third kappa shape index (κ3) is 6.66. The van der Waals surface area contributed by atoms with Crippen LogP contribution in [0.5, 0.6) is 0 Å². The molecule has 0 aliphatic heterocycles. The van der Waals surface area contributed by atoms with E-state index in [1.165, 1.54) is 39.5 Å². The number of sulfonamides is 1. The van der Waals surface area contributed by atoms with Crippen LogP contribution in [0.1, 0.15) is 43.7 Å². The van der Waals surface area contributed by atoms with E-state index in [0.29, 0.717) is 18.8 Å². The van der Waals surface area contributed by atoms with E-state index >= 15 is 0 Å². The fourth-order valence-electron chi connectivity index (χ4n) is 4.10. The monoisotopic (exact) mass is 572 g/mol. The van der Waals surface area contributed by atoms with E-state index in [9.17, 15) is 22.0 Å². The molecule has 0 fully saturated rings. The molecule has 4 aromatic rings. The lowest BCUT2D eigenvalue weighted by Crippen LogP contribution is -2.37. The topological polar surface area (TPSA) is 83.5 Å². The Balaban J connectivity index is 1.69. The number of halogens is 2. The summed E-state index contributed by atoms with van der Waals surface area (Å²) in [5, 5.41) is 0.168. The molecule has 0 saturated heterocycles. The predicted molar refractivity (Wildman–Crippen MR) is 149 cm³/mol. The number of rotatable bonds is 10. The average Bonchev–Trinajstić information content (AvgIpc) is 3.31. The van der Waals surface area contributed by atoms with Gasteiger partial charge in [0, 0.05) is 30.9 Å². The number of nitrogens with zero attached hydrogens (tertiary/aromatic N) is 4. The van der Waals surface area contributed by atoms with E-state index in [1.807, 2.05) is 27.7 Å². The van der Waals surface area contributed by atoms with Gasteiger partial charge in [0.1, 0.15) is 11.3 Å². The highest BCUT2D eigenvalue weighted by molar-refractivity contribution is 7.89. The minimum absolute atomic E-state index is 0.0280. The fourth-order valence-corrected chi connectivity index (χ4v) is 6.87. The molecule has 2 aromatic heterocycles. The Morgan fingerprint density at radius 2 is 1.64 bits per heavy atom. The van der Waals surface area contributed by atoms with E-state index in [1.54, 1.807) is 24.4 Å². The molecule has 206 valence electrons. The van der Waals surface area contributed by atoms with Gasteiger partial charge in [-0.25, -0.2) is 22.2 Å². The van der Waals surface area contributed by atoms with Crippen molar-refractivity contribution < 1.29 is 22.0 Å². The van der Waals surface area contributed by atoms with Gasteiger partial charge in [0.05, 0.1) is 21.8 Å². The molecule has 0 aliphatic rings. The summed E-state index contributed by atoms with van der Waals surface area (Å²) < 4.78 is 56.7. The first kappa shape index (κ1) is 28.7. The summed E-state index contributed by atoms with van der Waals surface area (Å²) in [6.45, 7) is 8.64. The molecule has 2 aromatic carbocycles. The molecule has 0 radical (unpaired) electrons. The number of hydrogen-bond donors (Lipinski definition) is 0. The molecule has 2 heterocycles. The molecule has 0 N–H and O–H groups in total. The minimum Gasteiger partial charge on any atom is -0.278 e. The number of benzene rings is 2. The van der Waals surface area contributed by atoms with Crippen molar-refractivity contribution in [3.63, 3.8) is 0 Å². The Morgan fingerprint density at radius 1 is 0.974 bits per heavy atom. The molecule has 0 unspecified atom stereocenters. The highest BCUT2D eigenvalue weighted by Gasteiger charge is 2.28. The zero-order valence-electron chi connectivity index (χ0n) is 22.1. The molecule has 11 heteroatoms. The molecular formula is C28H30F2N4O3S2. The fraction of sp³-hybridized carbons (Fsp3) is 0.321. The number of amides is 1. The van der Waals surface area contributed by atoms with Crippen LogP contribution in [0.4, 0.5) is 13.9 Å². The third-order valence-corrected chi connectivity index (χ3v) is 8.67. The summed E-state index contributed by atoms with van der Waals surface area (Å²) in [5.41, 5.74) is 0.746. The van der Waals surface area contributed by atoms with Gasteiger partial charge in [0.25, 0.3) is 5.91 Å². The summed E-state index contributed by atoms with van der Waals surface area (Å²) in [7, 11) is -3.77. The molecule has 0 aliphatic carbocycles. The van der Waals surface area contributed by atoms with Crippen molar-refractivity contribution in [3.05, 3.63) is 83.7 Å². The third-order valence-electron chi connectivity index (χ3n) is 5.80. The van der Waals surface area contributed by atoms with E-state index in [2.05, 4.69) is 9.97 Å². The second-order valence-electron chi connectivity index (χ2n) is 10.1. The van der Waals surface area contributed by atoms with Crippen molar-refractivity contribution in [2.24, 2.45) is 11.8 Å². The molecule has 4 rings (SSSR count). The number of carbonyl (C=O) groups is 1. The lowest BCUT2D eigenvalue weighted by Gasteiger charge is -2.26. The van der Waals surface area contributed by atoms with Crippen LogP contribution >= 0.6 is 11.3 Å². The van der Waals surface area contributed by atoms with E-state index < -0.39 is 27.6 Å². The Morgan fingerprint density at radius 3 is 2.23 bits per heavy atom. The standard InChI is InChI=1S/C28H30F2N4O3S2/c1-18(2)15-33(16-19(3)4)39(36,37)23-10-8-20(9-11-23)27(35)34(17-22-7-5-6-12-31-22)28-32-26-24(30)13-21(29)14-25(26)38-28/h5-14,18-19H,15-17H2,1-4H3. The molecule has 0 saturated carbocycles. The molecule has 39 heavy (non-hydrogen) atoms. The highest BCUT2D eigenvalue weighted by atomic mass is 32.2. The summed E-state index contributed by atoms with van der Waals surface area (Å²) >= 11 is 0.982. The zero-order chi connectivity index (χ0) is 28.3. The smallest absolute Gasteiger partial charge is 0.260 e. The first-order valence-electron chi connectivity index (χ1n) is 12.5. The van der Waals surface area contributed by atoms with Gasteiger partial charge in [-0.3, -0.25) is 14.7 Å². The number of anilines is 1. The molecule has 0 atom stereocenters. The Kier molecular flexibility index (Phi) is 8.73. The van der Waals surface area contributed by atoms with Crippen LogP contribution in [0.15, 0.2) is 65.7 Å². The van der Waals surface area contributed by atoms with E-state index in [4.69, 9.17) is 0 Å². The van der Waals surface area contributed by atoms with Crippen molar-refractivity contribution in [3.8, 4) is 0 Å². The Hall–Kier alpha value is -3.28. The Bertz CT molecular complexity index is 1550. The van der Waals surface area contributed by atoms with Crippen LogP contribution in [0.3, 0.4) is 0 Å². The van der Waals surface area contributed by atoms with Gasteiger partial charge in [0.15, 0.2) is 10.9 Å². The van der Waals surface area contributed by atoms with Crippen molar-refractivity contribution in [1.82, 2.24) is 14.3 Å². The first-order chi connectivity index (χ1) is 18.5. The largest absolute Gasteiger partial charge is 0.278 e. The van der Waals surface area contributed by atoms with Gasteiger partial charge in [-0.15, -0.1) is 0 Å². The number of thiazole rings is 1. The van der Waals surface area contributed by atoms with Gasteiger partial charge in [-0.1, -0.05) is 45.1 Å². The van der Waals surface area contributed by atoms with Crippen LogP contribution < -0.4 is 4.90 Å². The van der Waals surface area contributed by atoms with E-state index in [-0.39, 0.29) is 44.2 Å². The number of pyridine rings is 1. The average molecular weight is 573 g/mol. The minimum atomic E-state index is -3.77. The van der Waals surface area contributed by atoms with Crippen molar-refractivity contribution in [2.45, 2.75) is 39.1 Å². The van der Waals surface area contributed by atoms with Crippen LogP contribution in [0.2, 0.25) is 0 Å². The maximum absolute atomic E-state index is 14.4. The van der Waals surface area contributed by atoms with E-state index in [0.717, 1.165) is 17.4 Å². The van der Waals surface area contributed by atoms with Crippen molar-refractivity contribution >= 4 is 42.6 Å². The number of carbonyl (C=O) groups excluding carboxylic acids is 1. The van der Waals surface area contributed by atoms with Crippen LogP contribution in [0.25, 0.3) is 10.2 Å². The van der Waals surface area contributed by atoms with Gasteiger partial charge >= 0.3 is 0 Å². The summed E-state index contributed by atoms with van der Waals surface area (Å²) in [6.07, 6.45) is 1.59. The quantitative estimate of drug-likeness (QED) is 0.229. The van der Waals surface area contributed by atoms with Crippen LogP contribution in [-0.4, -0.2) is 41.7 Å². The molecular weight excluding hydrogens is 542 g/mol. The second kappa shape index (κ2) is 11.8. The highest BCUT2D eigenvalue weighted by Crippen LogP contribution is 2.33. The number of aromatic nitrogens is 2. The maximum atomic E-state index is 14.4. The van der Waals surface area contributed by atoms with Gasteiger partial charge in [0.2, 0.25) is 10.0 Å². The first-order valence-corrected chi connectivity index (χ1v) is 14.8. The van der Waals surface area contributed by atoms with Gasteiger partial charge < -0.3 is 0 Å². The lowest BCUT2D eigenvalue weighted by atomic mass is 10.2. The predicted octanol–water partition coefficient (Wildman–Crippen LogP) is 6.12. The Labute approximate surface area is 231 Å². The molecule has 0 spiro atoms. The van der Waals surface area contributed by atoms with Crippen molar-refractivity contribution in [1.29, 1.82) is 0 Å². The molecule has 1 amide bonds. The second-order valence-corrected chi connectivity index (χ2v) is 13.0. The molecule has 7 nitrogen and oxygen atoms in total. The maximum Gasteiger partial charge on any atom is 0.260 e. The summed E-state index contributed by atoms with van der Waals surface area (Å²) in [6, 6.07) is 12.9. The van der Waals surface area contributed by atoms with Gasteiger partial charge in [-0.2, -0.15) is 4.31 Å². The number of hydrogen-bond acceptors (Lipinski definition) is 6. The normalized spacial score (nSPS) is 12.1. The zero-order valence-corrected chi connectivity index (χ0v) is 23.8. The summed E-state index contributed by atoms with van der Waals surface area (Å²) in [4.78, 5) is 23.7. The van der Waals surface area contributed by atoms with Crippen molar-refractivity contribution in [2.75, 3.05) is 18.0 Å². The van der Waals surface area contributed by atoms with Crippen LogP contribution in [-0.2, 0) is 16.6 Å². The SMILES string of the molecule is CC(C)CN(CC(C)C)S(=O)(=O)c1ccc(C(=O)N(Cc2ccccn2)c2nc3c(F)cc(F)cc3s2)cc1.